The Kier molecular flexibility index (Phi) is 3.33. The molecule has 2 saturated heterocycles. The Bertz CT molecular complexity index is 766. The van der Waals surface area contributed by atoms with Crippen molar-refractivity contribution in [2.75, 3.05) is 0 Å². The maximum atomic E-state index is 13.4. The van der Waals surface area contributed by atoms with Crippen LogP contribution in [0.4, 0.5) is 8.78 Å². The van der Waals surface area contributed by atoms with Gasteiger partial charge in [-0.15, -0.1) is 0 Å². The summed E-state index contributed by atoms with van der Waals surface area (Å²) in [7, 11) is 0. The van der Waals surface area contributed by atoms with Gasteiger partial charge in [0.1, 0.15) is 35.7 Å². The summed E-state index contributed by atoms with van der Waals surface area (Å²) in [6.07, 6.45) is -1.80. The molecule has 2 fully saturated rings. The van der Waals surface area contributed by atoms with E-state index in [-0.39, 0.29) is 0 Å². The molecule has 0 aliphatic carbocycles. The number of hydrogen-bond acceptors (Lipinski definition) is 4. The lowest BCUT2D eigenvalue weighted by atomic mass is 9.84. The van der Waals surface area contributed by atoms with E-state index in [1.807, 2.05) is 0 Å². The van der Waals surface area contributed by atoms with E-state index in [0.717, 1.165) is 0 Å². The fraction of sp³-hybridized carbons (Fsp3) is 0.222. The normalized spacial score (nSPS) is 28.4. The Balaban J connectivity index is 1.72. The standard InChI is InChI=1S/C18H12F2O4/c19-11-5-1-3-9(7-11)15-13-14(18(22)23-15)16(24-17(13)21)10-4-2-6-12(20)8-10/h1-8,13-16H. The van der Waals surface area contributed by atoms with E-state index in [4.69, 9.17) is 9.47 Å². The molecule has 2 aliphatic heterocycles. The molecule has 4 unspecified atom stereocenters. The highest BCUT2D eigenvalue weighted by atomic mass is 19.1. The number of hydrogen-bond donors (Lipinski definition) is 0. The van der Waals surface area contributed by atoms with E-state index in [2.05, 4.69) is 0 Å². The molecule has 0 amide bonds. The molecule has 122 valence electrons. The van der Waals surface area contributed by atoms with Gasteiger partial charge in [-0.25, -0.2) is 8.78 Å². The molecular formula is C18H12F2O4. The van der Waals surface area contributed by atoms with Crippen molar-refractivity contribution in [2.45, 2.75) is 12.2 Å². The average Bonchev–Trinajstić information content (AvgIpc) is 3.07. The lowest BCUT2D eigenvalue weighted by Crippen LogP contribution is -2.19. The van der Waals surface area contributed by atoms with Crippen molar-refractivity contribution in [3.63, 3.8) is 0 Å². The second kappa shape index (κ2) is 5.40. The van der Waals surface area contributed by atoms with Crippen molar-refractivity contribution in [3.05, 3.63) is 71.3 Å². The summed E-state index contributed by atoms with van der Waals surface area (Å²) in [5.41, 5.74) is 0.792. The van der Waals surface area contributed by atoms with Crippen LogP contribution in [0.1, 0.15) is 23.3 Å². The van der Waals surface area contributed by atoms with Crippen molar-refractivity contribution < 1.29 is 27.8 Å². The minimum Gasteiger partial charge on any atom is -0.456 e. The summed E-state index contributed by atoms with van der Waals surface area (Å²) in [6, 6.07) is 11.1. The number of rotatable bonds is 2. The zero-order valence-corrected chi connectivity index (χ0v) is 12.3. The first kappa shape index (κ1) is 14.8. The van der Waals surface area contributed by atoms with Gasteiger partial charge in [-0.1, -0.05) is 24.3 Å². The van der Waals surface area contributed by atoms with Crippen molar-refractivity contribution in [2.24, 2.45) is 11.8 Å². The van der Waals surface area contributed by atoms with Crippen molar-refractivity contribution in [1.82, 2.24) is 0 Å². The maximum Gasteiger partial charge on any atom is 0.314 e. The fourth-order valence-electron chi connectivity index (χ4n) is 3.39. The first-order valence-corrected chi connectivity index (χ1v) is 7.46. The molecule has 2 aromatic rings. The molecule has 2 aliphatic rings. The highest BCUT2D eigenvalue weighted by Crippen LogP contribution is 2.51. The number of halogens is 2. The second-order valence-corrected chi connectivity index (χ2v) is 5.88. The van der Waals surface area contributed by atoms with Crippen molar-refractivity contribution >= 4 is 11.9 Å². The van der Waals surface area contributed by atoms with Crippen LogP contribution in [0.15, 0.2) is 48.5 Å². The molecular weight excluding hydrogens is 318 g/mol. The van der Waals surface area contributed by atoms with Crippen LogP contribution >= 0.6 is 0 Å². The maximum absolute atomic E-state index is 13.4. The van der Waals surface area contributed by atoms with Gasteiger partial charge in [0.05, 0.1) is 0 Å². The van der Waals surface area contributed by atoms with Crippen LogP contribution in [0, 0.1) is 23.5 Å². The number of carbonyl (C=O) groups is 2. The van der Waals surface area contributed by atoms with Gasteiger partial charge in [0.2, 0.25) is 0 Å². The molecule has 0 radical (unpaired) electrons. The second-order valence-electron chi connectivity index (χ2n) is 5.88. The topological polar surface area (TPSA) is 52.6 Å². The van der Waals surface area contributed by atoms with E-state index in [9.17, 15) is 18.4 Å². The van der Waals surface area contributed by atoms with Gasteiger partial charge in [0.25, 0.3) is 0 Å². The molecule has 4 atom stereocenters. The lowest BCUT2D eigenvalue weighted by Gasteiger charge is -2.15. The predicted octanol–water partition coefficient (Wildman–Crippen LogP) is 3.09. The number of carbonyl (C=O) groups excluding carboxylic acids is 2. The van der Waals surface area contributed by atoms with Gasteiger partial charge in [0, 0.05) is 0 Å². The summed E-state index contributed by atoms with van der Waals surface area (Å²) in [5.74, 6) is -3.91. The first-order chi connectivity index (χ1) is 11.5. The first-order valence-electron chi connectivity index (χ1n) is 7.46. The number of cyclic esters (lactones) is 2. The minimum atomic E-state index is -0.899. The van der Waals surface area contributed by atoms with Crippen LogP contribution in [0.5, 0.6) is 0 Å². The Labute approximate surface area is 136 Å². The molecule has 0 spiro atoms. The quantitative estimate of drug-likeness (QED) is 0.794. The van der Waals surface area contributed by atoms with Gasteiger partial charge in [-0.2, -0.15) is 0 Å². The molecule has 0 bridgehead atoms. The van der Waals surface area contributed by atoms with E-state index in [1.165, 1.54) is 36.4 Å². The van der Waals surface area contributed by atoms with Crippen LogP contribution in [0.2, 0.25) is 0 Å². The van der Waals surface area contributed by atoms with Crippen molar-refractivity contribution in [3.8, 4) is 0 Å². The monoisotopic (exact) mass is 330 g/mol. The third-order valence-electron chi connectivity index (χ3n) is 4.42. The van der Waals surface area contributed by atoms with E-state index in [1.54, 1.807) is 12.1 Å². The number of ether oxygens (including phenoxy) is 2. The highest BCUT2D eigenvalue weighted by molar-refractivity contribution is 5.89. The van der Waals surface area contributed by atoms with Crippen LogP contribution in [-0.2, 0) is 19.1 Å². The van der Waals surface area contributed by atoms with Crippen LogP contribution in [0.3, 0.4) is 0 Å². The molecule has 2 aromatic carbocycles. The minimum absolute atomic E-state index is 0.396. The average molecular weight is 330 g/mol. The molecule has 0 saturated carbocycles. The summed E-state index contributed by atoms with van der Waals surface area (Å²) >= 11 is 0. The van der Waals surface area contributed by atoms with E-state index >= 15 is 0 Å². The molecule has 4 nitrogen and oxygen atoms in total. The summed E-state index contributed by atoms with van der Waals surface area (Å²) in [6.45, 7) is 0. The third-order valence-corrected chi connectivity index (χ3v) is 4.42. The smallest absolute Gasteiger partial charge is 0.314 e. The zero-order valence-electron chi connectivity index (χ0n) is 12.3. The molecule has 6 heteroatoms. The van der Waals surface area contributed by atoms with Crippen molar-refractivity contribution in [1.29, 1.82) is 0 Å². The Hall–Kier alpha value is -2.76. The van der Waals surface area contributed by atoms with Gasteiger partial charge in [-0.3, -0.25) is 9.59 Å². The number of fused-ring (bicyclic) bond motifs is 1. The molecule has 24 heavy (non-hydrogen) atoms. The highest BCUT2D eigenvalue weighted by Gasteiger charge is 2.60. The van der Waals surface area contributed by atoms with Gasteiger partial charge < -0.3 is 9.47 Å². The molecule has 4 rings (SSSR count). The summed E-state index contributed by atoms with van der Waals surface area (Å²) < 4.78 is 37.5. The SMILES string of the molecule is O=C1OC(c2cccc(F)c2)C2C(=O)OC(c3cccc(F)c3)C12. The van der Waals surface area contributed by atoms with Crippen LogP contribution in [0.25, 0.3) is 0 Å². The predicted molar refractivity (Wildman–Crippen MR) is 77.4 cm³/mol. The zero-order chi connectivity index (χ0) is 16.8. The van der Waals surface area contributed by atoms with Gasteiger partial charge in [0.15, 0.2) is 0 Å². The summed E-state index contributed by atoms with van der Waals surface area (Å²) in [5, 5.41) is 0. The Morgan fingerprint density at radius 3 is 1.50 bits per heavy atom. The van der Waals surface area contributed by atoms with E-state index in [0.29, 0.717) is 11.1 Å². The Morgan fingerprint density at radius 2 is 1.12 bits per heavy atom. The molecule has 2 heterocycles. The lowest BCUT2D eigenvalue weighted by molar-refractivity contribution is -0.154. The van der Waals surface area contributed by atoms with Gasteiger partial charge >= 0.3 is 11.9 Å². The molecule has 0 N–H and O–H groups in total. The third kappa shape index (κ3) is 2.26. The van der Waals surface area contributed by atoms with Crippen LogP contribution in [-0.4, -0.2) is 11.9 Å². The number of benzene rings is 2. The van der Waals surface area contributed by atoms with Crippen LogP contribution < -0.4 is 0 Å². The number of esters is 2. The van der Waals surface area contributed by atoms with E-state index < -0.39 is 47.6 Å². The molecule has 0 aromatic heterocycles. The summed E-state index contributed by atoms with van der Waals surface area (Å²) in [4.78, 5) is 24.6. The Morgan fingerprint density at radius 1 is 0.708 bits per heavy atom. The fourth-order valence-corrected chi connectivity index (χ4v) is 3.39. The largest absolute Gasteiger partial charge is 0.456 e. The van der Waals surface area contributed by atoms with Gasteiger partial charge in [-0.05, 0) is 35.4 Å².